The molecular weight excluding hydrogens is 306 g/mol. The summed E-state index contributed by atoms with van der Waals surface area (Å²) in [7, 11) is 0. The van der Waals surface area contributed by atoms with Crippen molar-refractivity contribution in [3.05, 3.63) is 62.5 Å². The molecule has 0 bridgehead atoms. The lowest BCUT2D eigenvalue weighted by Crippen LogP contribution is -2.22. The van der Waals surface area contributed by atoms with Crippen molar-refractivity contribution in [3.63, 3.8) is 0 Å². The minimum absolute atomic E-state index is 0.169. The zero-order valence-electron chi connectivity index (χ0n) is 9.16. The van der Waals surface area contributed by atoms with Crippen molar-refractivity contribution in [2.45, 2.75) is 6.54 Å². The molecule has 6 heteroatoms. The standard InChI is InChI=1S/C12H9BrF2N2O/c13-9-4-7(16)5-17(12(9)18)6-8-10(14)2-1-3-11(8)15/h1-5H,6,16H2. The lowest BCUT2D eigenvalue weighted by Gasteiger charge is -2.09. The molecule has 1 aromatic heterocycles. The molecule has 0 radical (unpaired) electrons. The van der Waals surface area contributed by atoms with Crippen LogP contribution in [-0.4, -0.2) is 4.57 Å². The van der Waals surface area contributed by atoms with Crippen molar-refractivity contribution in [2.24, 2.45) is 0 Å². The fraction of sp³-hybridized carbons (Fsp3) is 0.0833. The minimum atomic E-state index is -0.694. The number of anilines is 1. The van der Waals surface area contributed by atoms with Crippen LogP contribution in [0, 0.1) is 11.6 Å². The van der Waals surface area contributed by atoms with Crippen LogP contribution in [0.2, 0.25) is 0 Å². The molecule has 3 nitrogen and oxygen atoms in total. The maximum absolute atomic E-state index is 13.5. The van der Waals surface area contributed by atoms with E-state index in [0.717, 1.165) is 16.7 Å². The van der Waals surface area contributed by atoms with Gasteiger partial charge in [0.25, 0.3) is 5.56 Å². The van der Waals surface area contributed by atoms with E-state index in [1.807, 2.05) is 0 Å². The van der Waals surface area contributed by atoms with Gasteiger partial charge in [0, 0.05) is 17.4 Å². The molecule has 0 aliphatic rings. The summed E-state index contributed by atoms with van der Waals surface area (Å²) >= 11 is 3.05. The normalized spacial score (nSPS) is 10.6. The highest BCUT2D eigenvalue weighted by Gasteiger charge is 2.11. The first-order valence-corrected chi connectivity index (χ1v) is 5.86. The van der Waals surface area contributed by atoms with E-state index < -0.39 is 17.2 Å². The summed E-state index contributed by atoms with van der Waals surface area (Å²) in [5.74, 6) is -1.39. The third kappa shape index (κ3) is 2.43. The number of halogens is 3. The molecule has 0 atom stereocenters. The Balaban J connectivity index is 2.50. The summed E-state index contributed by atoms with van der Waals surface area (Å²) in [5, 5.41) is 0. The van der Waals surface area contributed by atoms with Crippen molar-refractivity contribution < 1.29 is 8.78 Å². The largest absolute Gasteiger partial charge is 0.398 e. The molecule has 0 saturated carbocycles. The highest BCUT2D eigenvalue weighted by atomic mass is 79.9. The van der Waals surface area contributed by atoms with E-state index >= 15 is 0 Å². The Hall–Kier alpha value is -1.69. The van der Waals surface area contributed by atoms with Gasteiger partial charge in [-0.1, -0.05) is 6.07 Å². The molecule has 94 valence electrons. The summed E-state index contributed by atoms with van der Waals surface area (Å²) in [6, 6.07) is 5.00. The van der Waals surface area contributed by atoms with Gasteiger partial charge in [-0.15, -0.1) is 0 Å². The molecule has 0 saturated heterocycles. The lowest BCUT2D eigenvalue weighted by atomic mass is 10.2. The van der Waals surface area contributed by atoms with Crippen LogP contribution in [0.5, 0.6) is 0 Å². The summed E-state index contributed by atoms with van der Waals surface area (Å²) < 4.78 is 28.3. The fourth-order valence-corrected chi connectivity index (χ4v) is 2.08. The van der Waals surface area contributed by atoms with E-state index in [9.17, 15) is 13.6 Å². The Kier molecular flexibility index (Phi) is 3.47. The van der Waals surface area contributed by atoms with E-state index in [-0.39, 0.29) is 16.6 Å². The van der Waals surface area contributed by atoms with Gasteiger partial charge in [-0.3, -0.25) is 4.79 Å². The van der Waals surface area contributed by atoms with Gasteiger partial charge in [-0.25, -0.2) is 8.78 Å². The monoisotopic (exact) mass is 314 g/mol. The Bertz CT molecular complexity index is 635. The quantitative estimate of drug-likeness (QED) is 0.926. The molecule has 2 aromatic rings. The lowest BCUT2D eigenvalue weighted by molar-refractivity contribution is 0.541. The van der Waals surface area contributed by atoms with Gasteiger partial charge in [-0.2, -0.15) is 0 Å². The predicted molar refractivity (Wildman–Crippen MR) is 68.3 cm³/mol. The van der Waals surface area contributed by atoms with Crippen molar-refractivity contribution in [1.29, 1.82) is 0 Å². The highest BCUT2D eigenvalue weighted by molar-refractivity contribution is 9.10. The van der Waals surface area contributed by atoms with Gasteiger partial charge in [0.2, 0.25) is 0 Å². The number of aromatic nitrogens is 1. The summed E-state index contributed by atoms with van der Waals surface area (Å²) in [5.41, 5.74) is 5.35. The van der Waals surface area contributed by atoms with E-state index in [4.69, 9.17) is 5.73 Å². The second-order valence-corrected chi connectivity index (χ2v) is 4.61. The average molecular weight is 315 g/mol. The Morgan fingerprint density at radius 2 is 1.89 bits per heavy atom. The number of benzene rings is 1. The van der Waals surface area contributed by atoms with Crippen LogP contribution in [0.4, 0.5) is 14.5 Å². The predicted octanol–water partition coefficient (Wildman–Crippen LogP) is 2.52. The topological polar surface area (TPSA) is 48.0 Å². The second kappa shape index (κ2) is 4.89. The van der Waals surface area contributed by atoms with Gasteiger partial charge in [0.1, 0.15) is 11.6 Å². The molecule has 0 aliphatic heterocycles. The first-order valence-electron chi connectivity index (χ1n) is 5.07. The molecule has 1 heterocycles. The smallest absolute Gasteiger partial charge is 0.265 e. The number of hydrogen-bond acceptors (Lipinski definition) is 2. The first-order chi connectivity index (χ1) is 8.49. The van der Waals surface area contributed by atoms with Crippen LogP contribution in [0.1, 0.15) is 5.56 Å². The maximum Gasteiger partial charge on any atom is 0.265 e. The average Bonchev–Trinajstić information content (AvgIpc) is 2.30. The molecule has 0 unspecified atom stereocenters. The third-order valence-corrected chi connectivity index (χ3v) is 3.02. The van der Waals surface area contributed by atoms with E-state index in [0.29, 0.717) is 5.69 Å². The van der Waals surface area contributed by atoms with Crippen molar-refractivity contribution in [1.82, 2.24) is 4.57 Å². The third-order valence-electron chi connectivity index (χ3n) is 2.45. The number of nitrogen functional groups attached to an aromatic ring is 1. The minimum Gasteiger partial charge on any atom is -0.398 e. The molecule has 2 N–H and O–H groups in total. The van der Waals surface area contributed by atoms with Crippen molar-refractivity contribution in [2.75, 3.05) is 5.73 Å². The van der Waals surface area contributed by atoms with Gasteiger partial charge in [0.05, 0.1) is 11.0 Å². The fourth-order valence-electron chi connectivity index (χ4n) is 1.59. The number of nitrogens with zero attached hydrogens (tertiary/aromatic N) is 1. The van der Waals surface area contributed by atoms with Gasteiger partial charge in [0.15, 0.2) is 0 Å². The maximum atomic E-state index is 13.5. The van der Waals surface area contributed by atoms with Gasteiger partial charge >= 0.3 is 0 Å². The Morgan fingerprint density at radius 1 is 1.28 bits per heavy atom. The van der Waals surface area contributed by atoms with Crippen LogP contribution in [0.25, 0.3) is 0 Å². The van der Waals surface area contributed by atoms with Crippen LogP contribution in [0.3, 0.4) is 0 Å². The Labute approximate surface area is 110 Å². The summed E-state index contributed by atoms with van der Waals surface area (Å²) in [4.78, 5) is 11.8. The zero-order chi connectivity index (χ0) is 13.3. The van der Waals surface area contributed by atoms with Crippen LogP contribution < -0.4 is 11.3 Å². The summed E-state index contributed by atoms with van der Waals surface area (Å²) in [6.45, 7) is -0.207. The molecule has 0 amide bonds. The van der Waals surface area contributed by atoms with Gasteiger partial charge < -0.3 is 10.3 Å². The second-order valence-electron chi connectivity index (χ2n) is 3.75. The molecule has 2 rings (SSSR count). The number of rotatable bonds is 2. The van der Waals surface area contributed by atoms with Crippen LogP contribution in [0.15, 0.2) is 39.7 Å². The Morgan fingerprint density at radius 3 is 2.50 bits per heavy atom. The van der Waals surface area contributed by atoms with E-state index in [2.05, 4.69) is 15.9 Å². The number of pyridine rings is 1. The molecule has 18 heavy (non-hydrogen) atoms. The van der Waals surface area contributed by atoms with E-state index in [1.165, 1.54) is 18.3 Å². The van der Waals surface area contributed by atoms with Gasteiger partial charge in [-0.05, 0) is 34.1 Å². The van der Waals surface area contributed by atoms with Crippen molar-refractivity contribution in [3.8, 4) is 0 Å². The molecule has 1 aromatic carbocycles. The molecule has 0 spiro atoms. The zero-order valence-corrected chi connectivity index (χ0v) is 10.7. The van der Waals surface area contributed by atoms with Crippen LogP contribution >= 0.6 is 15.9 Å². The molecular formula is C12H9BrF2N2O. The number of nitrogens with two attached hydrogens (primary N) is 1. The van der Waals surface area contributed by atoms with E-state index in [1.54, 1.807) is 0 Å². The molecule has 0 aliphatic carbocycles. The molecule has 0 fully saturated rings. The summed E-state index contributed by atoms with van der Waals surface area (Å²) in [6.07, 6.45) is 1.35. The van der Waals surface area contributed by atoms with Crippen LogP contribution in [-0.2, 0) is 6.54 Å². The SMILES string of the molecule is Nc1cc(Br)c(=O)n(Cc2c(F)cccc2F)c1. The van der Waals surface area contributed by atoms with Crippen molar-refractivity contribution >= 4 is 21.6 Å². The highest BCUT2D eigenvalue weighted by Crippen LogP contribution is 2.15. The first kappa shape index (κ1) is 12.8. The number of hydrogen-bond donors (Lipinski definition) is 1.